The lowest BCUT2D eigenvalue weighted by molar-refractivity contribution is 1.36. The summed E-state index contributed by atoms with van der Waals surface area (Å²) in [5.41, 5.74) is 6.79. The van der Waals surface area contributed by atoms with Crippen LogP contribution in [0, 0.1) is 22.7 Å². The fraction of sp³-hybridized carbons (Fsp3) is 0. The van der Waals surface area contributed by atoms with Gasteiger partial charge in [0.15, 0.2) is 0 Å². The first-order chi connectivity index (χ1) is 17.7. The van der Waals surface area contributed by atoms with Crippen LogP contribution in [0.3, 0.4) is 0 Å². The number of benzene rings is 5. The Balaban J connectivity index is 1.57. The molecular weight excluding hydrogens is 458 g/mol. The molecule has 3 nitrogen and oxygen atoms in total. The molecule has 0 amide bonds. The molecular formula is C32H15N3S. The second-order valence-corrected chi connectivity index (χ2v) is 10.3. The molecule has 8 rings (SSSR count). The number of hydrogen-bond donors (Lipinski definition) is 0. The van der Waals surface area contributed by atoms with Crippen molar-refractivity contribution in [2.75, 3.05) is 0 Å². The van der Waals surface area contributed by atoms with E-state index in [4.69, 9.17) is 0 Å². The fourth-order valence-corrected chi connectivity index (χ4v) is 7.05. The third kappa shape index (κ3) is 2.39. The summed E-state index contributed by atoms with van der Waals surface area (Å²) in [5.74, 6) is 0. The van der Waals surface area contributed by atoms with Crippen LogP contribution in [-0.2, 0) is 0 Å². The topological polar surface area (TPSA) is 52.0 Å². The van der Waals surface area contributed by atoms with Gasteiger partial charge in [-0.15, -0.1) is 11.3 Å². The monoisotopic (exact) mass is 473 g/mol. The summed E-state index contributed by atoms with van der Waals surface area (Å²) >= 11 is 1.84. The fourth-order valence-electron chi connectivity index (χ4n) is 5.81. The zero-order chi connectivity index (χ0) is 24.0. The number of aromatic nitrogens is 1. The van der Waals surface area contributed by atoms with Crippen molar-refractivity contribution < 1.29 is 0 Å². The van der Waals surface area contributed by atoms with E-state index in [0.29, 0.717) is 11.1 Å². The Bertz CT molecular complexity index is 2180. The van der Waals surface area contributed by atoms with Crippen molar-refractivity contribution in [2.24, 2.45) is 0 Å². The van der Waals surface area contributed by atoms with E-state index >= 15 is 0 Å². The van der Waals surface area contributed by atoms with E-state index < -0.39 is 0 Å². The van der Waals surface area contributed by atoms with Crippen LogP contribution in [0.2, 0.25) is 0 Å². The van der Waals surface area contributed by atoms with Crippen molar-refractivity contribution in [3.8, 4) is 23.3 Å². The van der Waals surface area contributed by atoms with Crippen LogP contribution in [0.1, 0.15) is 11.1 Å². The molecule has 36 heavy (non-hydrogen) atoms. The standard InChI is InChI=1S/C32H15N3S/c33-16-18-8-10-22-26-14-20(21-5-3-6-25-24-4-1-2-7-30(24)36-32(21)25)15-27-23-11-9-19(17-34)13-29(23)35(31(26)27)28(22)12-18/h1-15H. The van der Waals surface area contributed by atoms with Gasteiger partial charge >= 0.3 is 0 Å². The molecule has 164 valence electrons. The lowest BCUT2D eigenvalue weighted by Crippen LogP contribution is -1.83. The molecule has 0 aliphatic carbocycles. The molecule has 3 aromatic heterocycles. The van der Waals surface area contributed by atoms with Gasteiger partial charge in [0.1, 0.15) is 0 Å². The molecule has 0 saturated heterocycles. The largest absolute Gasteiger partial charge is 0.308 e. The second kappa shape index (κ2) is 6.83. The number of fused-ring (bicyclic) bond motifs is 9. The number of hydrogen-bond acceptors (Lipinski definition) is 3. The highest BCUT2D eigenvalue weighted by Gasteiger charge is 2.20. The molecule has 0 N–H and O–H groups in total. The highest BCUT2D eigenvalue weighted by atomic mass is 32.1. The normalized spacial score (nSPS) is 11.8. The second-order valence-electron chi connectivity index (χ2n) is 9.22. The third-order valence-electron chi connectivity index (χ3n) is 7.36. The van der Waals surface area contributed by atoms with E-state index in [9.17, 15) is 10.5 Å². The number of nitriles is 2. The molecule has 0 unspecified atom stereocenters. The smallest absolute Gasteiger partial charge is 0.0992 e. The molecule has 0 aliphatic heterocycles. The van der Waals surface area contributed by atoms with Gasteiger partial charge in [0.2, 0.25) is 0 Å². The van der Waals surface area contributed by atoms with Crippen LogP contribution in [0.15, 0.2) is 91.0 Å². The first-order valence-corrected chi connectivity index (χ1v) is 12.5. The van der Waals surface area contributed by atoms with Gasteiger partial charge in [0.25, 0.3) is 0 Å². The minimum absolute atomic E-state index is 0.628. The van der Waals surface area contributed by atoms with Gasteiger partial charge in [-0.3, -0.25) is 0 Å². The van der Waals surface area contributed by atoms with Crippen LogP contribution in [0.5, 0.6) is 0 Å². The van der Waals surface area contributed by atoms with E-state index in [2.05, 4.69) is 83.3 Å². The van der Waals surface area contributed by atoms with Crippen LogP contribution < -0.4 is 0 Å². The summed E-state index contributed by atoms with van der Waals surface area (Å²) in [6.07, 6.45) is 0. The van der Waals surface area contributed by atoms with Crippen molar-refractivity contribution in [3.05, 3.63) is 102 Å². The SMILES string of the molecule is N#Cc1ccc2c3cc(-c4cccc5c4sc4ccccc45)cc4c5ccc(C#N)cc5n(c2c1)c34. The maximum atomic E-state index is 9.58. The number of rotatable bonds is 1. The molecule has 4 heteroatoms. The summed E-state index contributed by atoms with van der Waals surface area (Å²) in [4.78, 5) is 0. The molecule has 0 bridgehead atoms. The maximum Gasteiger partial charge on any atom is 0.0992 e. The molecule has 0 atom stereocenters. The van der Waals surface area contributed by atoms with Gasteiger partial charge in [0.05, 0.1) is 39.8 Å². The molecule has 3 heterocycles. The highest BCUT2D eigenvalue weighted by Crippen LogP contribution is 2.45. The predicted molar refractivity (Wildman–Crippen MR) is 149 cm³/mol. The van der Waals surface area contributed by atoms with Gasteiger partial charge in [0, 0.05) is 41.7 Å². The minimum Gasteiger partial charge on any atom is -0.308 e. The van der Waals surface area contributed by atoms with Crippen LogP contribution in [0.4, 0.5) is 0 Å². The average molecular weight is 474 g/mol. The van der Waals surface area contributed by atoms with E-state index in [1.165, 1.54) is 31.3 Å². The minimum atomic E-state index is 0.628. The zero-order valence-corrected chi connectivity index (χ0v) is 19.7. The zero-order valence-electron chi connectivity index (χ0n) is 18.9. The summed E-state index contributed by atoms with van der Waals surface area (Å²) in [5, 5.41) is 26.3. The maximum absolute atomic E-state index is 9.58. The van der Waals surface area contributed by atoms with Gasteiger partial charge in [-0.25, -0.2) is 0 Å². The first-order valence-electron chi connectivity index (χ1n) is 11.7. The van der Waals surface area contributed by atoms with E-state index in [1.807, 2.05) is 35.6 Å². The van der Waals surface area contributed by atoms with Crippen LogP contribution in [-0.4, -0.2) is 4.40 Å². The van der Waals surface area contributed by atoms with E-state index in [1.54, 1.807) is 0 Å². The van der Waals surface area contributed by atoms with E-state index in [0.717, 1.165) is 38.1 Å². The van der Waals surface area contributed by atoms with Crippen molar-refractivity contribution in [1.82, 2.24) is 4.40 Å². The van der Waals surface area contributed by atoms with Crippen molar-refractivity contribution in [3.63, 3.8) is 0 Å². The average Bonchev–Trinajstić information content (AvgIpc) is 3.58. The third-order valence-corrected chi connectivity index (χ3v) is 8.58. The van der Waals surface area contributed by atoms with Gasteiger partial charge in [-0.05, 0) is 53.6 Å². The molecule has 8 aromatic rings. The lowest BCUT2D eigenvalue weighted by atomic mass is 9.97. The summed E-state index contributed by atoms with van der Waals surface area (Å²) in [7, 11) is 0. The molecule has 0 saturated carbocycles. The summed E-state index contributed by atoms with van der Waals surface area (Å²) in [6, 6.07) is 36.1. The molecule has 0 aliphatic rings. The first kappa shape index (κ1) is 19.4. The Labute approximate surface area is 209 Å². The quantitative estimate of drug-likeness (QED) is 0.240. The highest BCUT2D eigenvalue weighted by molar-refractivity contribution is 7.26. The van der Waals surface area contributed by atoms with Crippen molar-refractivity contribution in [2.45, 2.75) is 0 Å². The summed E-state index contributed by atoms with van der Waals surface area (Å²) in [6.45, 7) is 0. The number of thiophene rings is 1. The summed E-state index contributed by atoms with van der Waals surface area (Å²) < 4.78 is 4.81. The van der Waals surface area contributed by atoms with E-state index in [-0.39, 0.29) is 0 Å². The molecule has 5 aromatic carbocycles. The molecule has 0 fully saturated rings. The van der Waals surface area contributed by atoms with Crippen molar-refractivity contribution in [1.29, 1.82) is 10.5 Å². The number of nitrogens with zero attached hydrogens (tertiary/aromatic N) is 3. The van der Waals surface area contributed by atoms with Crippen LogP contribution >= 0.6 is 11.3 Å². The van der Waals surface area contributed by atoms with Gasteiger partial charge in [-0.2, -0.15) is 10.5 Å². The Morgan fingerprint density at radius 1 is 0.583 bits per heavy atom. The Hall–Kier alpha value is -4.90. The van der Waals surface area contributed by atoms with Gasteiger partial charge < -0.3 is 4.40 Å². The molecule has 0 spiro atoms. The Kier molecular flexibility index (Phi) is 3.68. The lowest BCUT2D eigenvalue weighted by Gasteiger charge is -2.06. The van der Waals surface area contributed by atoms with Crippen molar-refractivity contribution >= 4 is 69.6 Å². The van der Waals surface area contributed by atoms with Gasteiger partial charge in [-0.1, -0.05) is 48.5 Å². The molecule has 0 radical (unpaired) electrons. The van der Waals surface area contributed by atoms with Crippen LogP contribution in [0.25, 0.3) is 69.4 Å². The Morgan fingerprint density at radius 3 is 1.89 bits per heavy atom. The predicted octanol–water partition coefficient (Wildman–Crippen LogP) is 8.61. The Morgan fingerprint density at radius 2 is 1.22 bits per heavy atom.